The number of benzene rings is 1. The number of hydrogen-bond donors (Lipinski definition) is 1. The zero-order chi connectivity index (χ0) is 13.8. The Morgan fingerprint density at radius 2 is 2.32 bits per heavy atom. The molecule has 6 heteroatoms. The molecule has 2 rings (SSSR count). The fraction of sp³-hybridized carbons (Fsp3) is 0.231. The van der Waals surface area contributed by atoms with Crippen molar-refractivity contribution in [3.8, 4) is 5.69 Å². The highest BCUT2D eigenvalue weighted by Crippen LogP contribution is 2.22. The lowest BCUT2D eigenvalue weighted by Crippen LogP contribution is -2.03. The summed E-state index contributed by atoms with van der Waals surface area (Å²) in [5.74, 6) is -0.392. The van der Waals surface area contributed by atoms with Gasteiger partial charge < -0.3 is 9.84 Å². The number of aromatic nitrogens is 2. The third kappa shape index (κ3) is 3.02. The monoisotopic (exact) mass is 324 g/mol. The van der Waals surface area contributed by atoms with Crippen molar-refractivity contribution in [3.63, 3.8) is 0 Å². The number of ether oxygens (including phenoxy) is 1. The second-order valence-electron chi connectivity index (χ2n) is 3.84. The van der Waals surface area contributed by atoms with Crippen molar-refractivity contribution in [2.75, 3.05) is 6.61 Å². The van der Waals surface area contributed by atoms with Gasteiger partial charge >= 0.3 is 5.97 Å². The Labute approximate surface area is 118 Å². The zero-order valence-electron chi connectivity index (χ0n) is 10.3. The zero-order valence-corrected chi connectivity index (χ0v) is 11.9. The first-order chi connectivity index (χ1) is 9.15. The molecule has 1 heterocycles. The predicted molar refractivity (Wildman–Crippen MR) is 73.1 cm³/mol. The largest absolute Gasteiger partial charge is 0.462 e. The van der Waals surface area contributed by atoms with Crippen molar-refractivity contribution >= 4 is 21.9 Å². The Kier molecular flexibility index (Phi) is 4.34. The molecule has 0 saturated carbocycles. The molecule has 0 aliphatic carbocycles. The van der Waals surface area contributed by atoms with Gasteiger partial charge in [0, 0.05) is 10.7 Å². The van der Waals surface area contributed by atoms with E-state index in [1.54, 1.807) is 29.9 Å². The molecule has 0 spiro atoms. The van der Waals surface area contributed by atoms with Gasteiger partial charge in [0.2, 0.25) is 0 Å². The molecule has 100 valence electrons. The molecule has 0 saturated heterocycles. The molecule has 0 aliphatic heterocycles. The van der Waals surface area contributed by atoms with Crippen molar-refractivity contribution in [2.45, 2.75) is 13.5 Å². The van der Waals surface area contributed by atoms with E-state index in [9.17, 15) is 4.79 Å². The minimum atomic E-state index is -0.392. The van der Waals surface area contributed by atoms with Crippen LogP contribution in [0.1, 0.15) is 22.8 Å². The number of nitrogens with zero attached hydrogens (tertiary/aromatic N) is 2. The van der Waals surface area contributed by atoms with E-state index in [0.29, 0.717) is 12.2 Å². The molecule has 0 amide bonds. The summed E-state index contributed by atoms with van der Waals surface area (Å²) in [5.41, 5.74) is 1.99. The van der Waals surface area contributed by atoms with Crippen LogP contribution in [0.25, 0.3) is 5.69 Å². The Morgan fingerprint density at radius 3 is 2.95 bits per heavy atom. The molecule has 2 aromatic rings. The lowest BCUT2D eigenvalue weighted by Gasteiger charge is -2.06. The summed E-state index contributed by atoms with van der Waals surface area (Å²) >= 11 is 3.41. The van der Waals surface area contributed by atoms with Crippen LogP contribution in [0, 0.1) is 0 Å². The minimum Gasteiger partial charge on any atom is -0.462 e. The lowest BCUT2D eigenvalue weighted by atomic mass is 10.2. The number of carbonyl (C=O) groups excluding carboxylic acids is 1. The highest BCUT2D eigenvalue weighted by Gasteiger charge is 2.11. The van der Waals surface area contributed by atoms with E-state index in [2.05, 4.69) is 21.0 Å². The first kappa shape index (κ1) is 13.8. The maximum atomic E-state index is 11.6. The molecule has 0 unspecified atom stereocenters. The summed E-state index contributed by atoms with van der Waals surface area (Å²) < 4.78 is 7.28. The summed E-state index contributed by atoms with van der Waals surface area (Å²) in [6.07, 6.45) is 3.07. The van der Waals surface area contributed by atoms with Crippen molar-refractivity contribution in [1.82, 2.24) is 9.78 Å². The van der Waals surface area contributed by atoms with E-state index in [4.69, 9.17) is 9.84 Å². The van der Waals surface area contributed by atoms with Gasteiger partial charge in [0.15, 0.2) is 0 Å². The second kappa shape index (κ2) is 5.99. The SMILES string of the molecule is CCOC(=O)c1cnn(-c2ccc(CO)cc2Br)c1. The third-order valence-electron chi connectivity index (χ3n) is 2.54. The average Bonchev–Trinajstić information content (AvgIpc) is 2.88. The van der Waals surface area contributed by atoms with Crippen LogP contribution >= 0.6 is 15.9 Å². The van der Waals surface area contributed by atoms with E-state index < -0.39 is 5.97 Å². The number of halogens is 1. The second-order valence-corrected chi connectivity index (χ2v) is 4.69. The first-order valence-electron chi connectivity index (χ1n) is 5.77. The van der Waals surface area contributed by atoms with Gasteiger partial charge in [-0.3, -0.25) is 0 Å². The van der Waals surface area contributed by atoms with E-state index in [1.165, 1.54) is 6.20 Å². The van der Waals surface area contributed by atoms with Crippen LogP contribution in [-0.4, -0.2) is 27.5 Å². The minimum absolute atomic E-state index is 0.0218. The number of hydrogen-bond acceptors (Lipinski definition) is 4. The Hall–Kier alpha value is -1.66. The number of rotatable bonds is 4. The van der Waals surface area contributed by atoms with Gasteiger partial charge in [0.25, 0.3) is 0 Å². The molecule has 1 N–H and O–H groups in total. The fourth-order valence-corrected chi connectivity index (χ4v) is 2.22. The summed E-state index contributed by atoms with van der Waals surface area (Å²) in [4.78, 5) is 11.6. The molecule has 5 nitrogen and oxygen atoms in total. The molecule has 1 aromatic carbocycles. The summed E-state index contributed by atoms with van der Waals surface area (Å²) in [6, 6.07) is 5.42. The van der Waals surface area contributed by atoms with Crippen molar-refractivity contribution in [1.29, 1.82) is 0 Å². The van der Waals surface area contributed by atoms with Gasteiger partial charge in [-0.2, -0.15) is 5.10 Å². The van der Waals surface area contributed by atoms with Crippen molar-refractivity contribution in [2.24, 2.45) is 0 Å². The Morgan fingerprint density at radius 1 is 1.53 bits per heavy atom. The van der Waals surface area contributed by atoms with Crippen LogP contribution in [0.2, 0.25) is 0 Å². The van der Waals surface area contributed by atoms with E-state index >= 15 is 0 Å². The van der Waals surface area contributed by atoms with E-state index in [0.717, 1.165) is 15.7 Å². The molecular weight excluding hydrogens is 312 g/mol. The lowest BCUT2D eigenvalue weighted by molar-refractivity contribution is 0.0526. The van der Waals surface area contributed by atoms with Crippen molar-refractivity contribution in [3.05, 3.63) is 46.2 Å². The van der Waals surface area contributed by atoms with Gasteiger partial charge in [-0.1, -0.05) is 6.07 Å². The van der Waals surface area contributed by atoms with Crippen LogP contribution in [0.3, 0.4) is 0 Å². The van der Waals surface area contributed by atoms with Gasteiger partial charge in [-0.05, 0) is 40.5 Å². The Bertz CT molecular complexity index is 595. The average molecular weight is 325 g/mol. The van der Waals surface area contributed by atoms with Crippen LogP contribution < -0.4 is 0 Å². The highest BCUT2D eigenvalue weighted by atomic mass is 79.9. The standard InChI is InChI=1S/C13H13BrN2O3/c1-2-19-13(18)10-6-15-16(7-10)12-4-3-9(8-17)5-11(12)14/h3-7,17H,2,8H2,1H3. The van der Waals surface area contributed by atoms with Crippen LogP contribution in [0.15, 0.2) is 35.1 Å². The maximum absolute atomic E-state index is 11.6. The summed E-state index contributed by atoms with van der Waals surface area (Å²) in [5, 5.41) is 13.2. The number of aliphatic hydroxyl groups excluding tert-OH is 1. The van der Waals surface area contributed by atoms with Gasteiger partial charge in [0.1, 0.15) is 0 Å². The fourth-order valence-electron chi connectivity index (χ4n) is 1.61. The number of carbonyl (C=O) groups is 1. The molecule has 0 radical (unpaired) electrons. The van der Waals surface area contributed by atoms with Crippen molar-refractivity contribution < 1.29 is 14.6 Å². The van der Waals surface area contributed by atoms with Crippen LogP contribution in [0.5, 0.6) is 0 Å². The molecule has 19 heavy (non-hydrogen) atoms. The summed E-state index contributed by atoms with van der Waals surface area (Å²) in [6.45, 7) is 2.07. The van der Waals surface area contributed by atoms with Gasteiger partial charge in [-0.25, -0.2) is 9.48 Å². The number of aliphatic hydroxyl groups is 1. The molecule has 0 fully saturated rings. The molecular formula is C13H13BrN2O3. The third-order valence-corrected chi connectivity index (χ3v) is 3.17. The predicted octanol–water partition coefficient (Wildman–Crippen LogP) is 2.30. The highest BCUT2D eigenvalue weighted by molar-refractivity contribution is 9.10. The molecule has 0 bridgehead atoms. The number of esters is 1. The maximum Gasteiger partial charge on any atom is 0.341 e. The molecule has 0 atom stereocenters. The smallest absolute Gasteiger partial charge is 0.341 e. The van der Waals surface area contributed by atoms with Crippen LogP contribution in [0.4, 0.5) is 0 Å². The Balaban J connectivity index is 2.30. The topological polar surface area (TPSA) is 64.3 Å². The van der Waals surface area contributed by atoms with E-state index in [-0.39, 0.29) is 6.61 Å². The normalized spacial score (nSPS) is 10.5. The van der Waals surface area contributed by atoms with Crippen LogP contribution in [-0.2, 0) is 11.3 Å². The van der Waals surface area contributed by atoms with Gasteiger partial charge in [-0.15, -0.1) is 0 Å². The summed E-state index contributed by atoms with van der Waals surface area (Å²) in [7, 11) is 0. The first-order valence-corrected chi connectivity index (χ1v) is 6.56. The molecule has 0 aliphatic rings. The van der Waals surface area contributed by atoms with E-state index in [1.807, 2.05) is 6.07 Å². The van der Waals surface area contributed by atoms with Gasteiger partial charge in [0.05, 0.1) is 30.7 Å². The molecule has 1 aromatic heterocycles. The quantitative estimate of drug-likeness (QED) is 0.876.